The molecule has 0 spiro atoms. The zero-order valence-electron chi connectivity index (χ0n) is 13.7. The monoisotopic (exact) mass is 351 g/mol. The lowest BCUT2D eigenvalue weighted by molar-refractivity contribution is 0.415. The molecule has 0 aliphatic carbocycles. The van der Waals surface area contributed by atoms with Crippen LogP contribution in [-0.2, 0) is 0 Å². The number of rotatable bonds is 4. The van der Waals surface area contributed by atoms with Crippen molar-refractivity contribution in [1.82, 2.24) is 14.9 Å². The molecule has 2 N–H and O–H groups in total. The molecule has 4 rings (SSSR count). The minimum absolute atomic E-state index is 0.373. The average Bonchev–Trinajstić information content (AvgIpc) is 3.11. The third kappa shape index (κ3) is 3.04. The molecule has 0 radical (unpaired) electrons. The van der Waals surface area contributed by atoms with Gasteiger partial charge in [0.1, 0.15) is 5.75 Å². The van der Waals surface area contributed by atoms with Gasteiger partial charge in [-0.1, -0.05) is 42.1 Å². The first-order valence-electron chi connectivity index (χ1n) is 7.87. The second-order valence-corrected chi connectivity index (χ2v) is 6.55. The van der Waals surface area contributed by atoms with Crippen LogP contribution in [0.15, 0.2) is 64.9 Å². The lowest BCUT2D eigenvalue weighted by Gasteiger charge is -2.16. The van der Waals surface area contributed by atoms with Gasteiger partial charge in [0, 0.05) is 5.75 Å². The highest BCUT2D eigenvalue weighted by molar-refractivity contribution is 7.99. The third-order valence-electron chi connectivity index (χ3n) is 4.05. The van der Waals surface area contributed by atoms with E-state index in [9.17, 15) is 0 Å². The third-order valence-corrected chi connectivity index (χ3v) is 4.99. The highest BCUT2D eigenvalue weighted by Gasteiger charge is 2.24. The molecule has 1 aromatic heterocycles. The van der Waals surface area contributed by atoms with Crippen LogP contribution in [-0.4, -0.2) is 33.4 Å². The fraction of sp³-hybridized carbons (Fsp3) is 0.167. The van der Waals surface area contributed by atoms with Gasteiger partial charge in [0.25, 0.3) is 0 Å². The van der Waals surface area contributed by atoms with Gasteiger partial charge in [0.2, 0.25) is 5.16 Å². The molecule has 1 unspecified atom stereocenters. The van der Waals surface area contributed by atoms with Crippen LogP contribution in [0.4, 0.5) is 0 Å². The van der Waals surface area contributed by atoms with Crippen molar-refractivity contribution >= 4 is 17.5 Å². The van der Waals surface area contributed by atoms with Crippen LogP contribution in [0.2, 0.25) is 0 Å². The van der Waals surface area contributed by atoms with E-state index in [4.69, 9.17) is 15.6 Å². The molecule has 3 aromatic rings. The Morgan fingerprint density at radius 3 is 2.56 bits per heavy atom. The van der Waals surface area contributed by atoms with Gasteiger partial charge in [-0.3, -0.25) is 0 Å². The van der Waals surface area contributed by atoms with Crippen molar-refractivity contribution in [2.45, 2.75) is 11.2 Å². The highest BCUT2D eigenvalue weighted by atomic mass is 32.2. The predicted octanol–water partition coefficient (Wildman–Crippen LogP) is 2.69. The highest BCUT2D eigenvalue weighted by Crippen LogP contribution is 2.28. The number of methoxy groups -OCH3 is 1. The molecule has 1 atom stereocenters. The fourth-order valence-electron chi connectivity index (χ4n) is 2.67. The molecule has 0 amide bonds. The van der Waals surface area contributed by atoms with E-state index in [2.05, 4.69) is 10.2 Å². The van der Waals surface area contributed by atoms with Crippen LogP contribution in [0, 0.1) is 0 Å². The number of benzene rings is 2. The molecule has 1 aliphatic rings. The van der Waals surface area contributed by atoms with Crippen LogP contribution in [0.5, 0.6) is 5.75 Å². The van der Waals surface area contributed by atoms with E-state index < -0.39 is 0 Å². The molecule has 126 valence electrons. The topological polar surface area (TPSA) is 78.3 Å². The summed E-state index contributed by atoms with van der Waals surface area (Å²) >= 11 is 1.61. The summed E-state index contributed by atoms with van der Waals surface area (Å²) in [7, 11) is 1.66. The van der Waals surface area contributed by atoms with Crippen molar-refractivity contribution in [2.75, 3.05) is 12.9 Å². The van der Waals surface area contributed by atoms with Gasteiger partial charge in [-0.25, -0.2) is 0 Å². The average molecular weight is 351 g/mol. The quantitative estimate of drug-likeness (QED) is 0.782. The number of thioether (sulfide) groups is 1. The van der Waals surface area contributed by atoms with Gasteiger partial charge in [-0.2, -0.15) is 9.78 Å². The summed E-state index contributed by atoms with van der Waals surface area (Å²) in [6.07, 6.45) is 0. The molecule has 0 saturated heterocycles. The molecule has 2 heterocycles. The lowest BCUT2D eigenvalue weighted by Crippen LogP contribution is -2.20. The molecule has 0 fully saturated rings. The normalized spacial score (nSPS) is 14.6. The summed E-state index contributed by atoms with van der Waals surface area (Å²) in [5.41, 5.74) is 9.38. The maximum absolute atomic E-state index is 6.39. The minimum Gasteiger partial charge on any atom is -0.497 e. The molecular weight excluding hydrogens is 334 g/mol. The summed E-state index contributed by atoms with van der Waals surface area (Å²) in [5, 5.41) is 14.0. The van der Waals surface area contributed by atoms with Crippen LogP contribution in [0.25, 0.3) is 0 Å². The summed E-state index contributed by atoms with van der Waals surface area (Å²) < 4.78 is 6.97. The number of nitrogens with zero attached hydrogens (tertiary/aromatic N) is 4. The largest absolute Gasteiger partial charge is 0.497 e. The summed E-state index contributed by atoms with van der Waals surface area (Å²) in [4.78, 5) is 0. The number of hydrogen-bond acceptors (Lipinski definition) is 6. The van der Waals surface area contributed by atoms with Crippen LogP contribution >= 0.6 is 11.8 Å². The number of nitrogens with two attached hydrogens (primary N) is 1. The number of ether oxygens (including phenoxy) is 1. The minimum atomic E-state index is -0.373. The van der Waals surface area contributed by atoms with Crippen LogP contribution in [0.3, 0.4) is 0 Å². The number of aromatic nitrogens is 3. The molecule has 0 bridgehead atoms. The fourth-order valence-corrected chi connectivity index (χ4v) is 3.52. The first-order valence-corrected chi connectivity index (χ1v) is 8.86. The zero-order valence-corrected chi connectivity index (χ0v) is 14.5. The molecular formula is C18H17N5OS. The molecule has 0 saturated carbocycles. The maximum Gasteiger partial charge on any atom is 0.212 e. The van der Waals surface area contributed by atoms with Gasteiger partial charge < -0.3 is 10.5 Å². The Morgan fingerprint density at radius 2 is 1.84 bits per heavy atom. The Labute approximate surface area is 149 Å². The summed E-state index contributed by atoms with van der Waals surface area (Å²) in [6.45, 7) is 0. The van der Waals surface area contributed by atoms with Gasteiger partial charge in [0.15, 0.2) is 5.82 Å². The van der Waals surface area contributed by atoms with Gasteiger partial charge in [-0.15, -0.1) is 10.2 Å². The van der Waals surface area contributed by atoms with Gasteiger partial charge in [-0.05, 0) is 35.4 Å². The van der Waals surface area contributed by atoms with E-state index in [1.165, 1.54) is 0 Å². The zero-order chi connectivity index (χ0) is 17.2. The maximum atomic E-state index is 6.39. The molecule has 6 nitrogen and oxygen atoms in total. The Hall–Kier alpha value is -2.64. The second-order valence-electron chi connectivity index (χ2n) is 5.60. The van der Waals surface area contributed by atoms with Gasteiger partial charge in [0.05, 0.1) is 18.9 Å². The Morgan fingerprint density at radius 1 is 1.08 bits per heavy atom. The first kappa shape index (κ1) is 15.9. The van der Waals surface area contributed by atoms with Crippen molar-refractivity contribution in [2.24, 2.45) is 10.8 Å². The van der Waals surface area contributed by atoms with E-state index in [1.807, 2.05) is 54.6 Å². The molecule has 7 heteroatoms. The van der Waals surface area contributed by atoms with Crippen LogP contribution in [0.1, 0.15) is 23.0 Å². The van der Waals surface area contributed by atoms with Crippen LogP contribution < -0.4 is 10.5 Å². The summed E-state index contributed by atoms with van der Waals surface area (Å²) in [6, 6.07) is 17.4. The standard InChI is InChI=1S/C18H17N5OS/c1-24-14-9-7-12(8-10-14)15-11-25-18-21-20-17(23(18)22-15)16(19)13-5-3-2-4-6-13/h2-10,16H,11,19H2,1H3. The Bertz CT molecular complexity index is 905. The van der Waals surface area contributed by atoms with Crippen molar-refractivity contribution in [3.8, 4) is 5.75 Å². The molecule has 25 heavy (non-hydrogen) atoms. The Kier molecular flexibility index (Phi) is 4.25. The predicted molar refractivity (Wildman–Crippen MR) is 98.1 cm³/mol. The van der Waals surface area contributed by atoms with E-state index in [0.717, 1.165) is 33.5 Å². The lowest BCUT2D eigenvalue weighted by atomic mass is 10.1. The SMILES string of the molecule is COc1ccc(C2=Nn3c(nnc3C(N)c3ccccc3)SC2)cc1. The smallest absolute Gasteiger partial charge is 0.212 e. The van der Waals surface area contributed by atoms with Crippen molar-refractivity contribution in [3.63, 3.8) is 0 Å². The number of hydrogen-bond donors (Lipinski definition) is 1. The second kappa shape index (κ2) is 6.70. The van der Waals surface area contributed by atoms with E-state index >= 15 is 0 Å². The molecule has 2 aromatic carbocycles. The van der Waals surface area contributed by atoms with Crippen molar-refractivity contribution in [1.29, 1.82) is 0 Å². The van der Waals surface area contributed by atoms with E-state index in [1.54, 1.807) is 23.5 Å². The Balaban J connectivity index is 1.70. The molecule has 1 aliphatic heterocycles. The van der Waals surface area contributed by atoms with Gasteiger partial charge >= 0.3 is 0 Å². The van der Waals surface area contributed by atoms with E-state index in [-0.39, 0.29) is 6.04 Å². The summed E-state index contributed by atoms with van der Waals surface area (Å²) in [5.74, 6) is 2.20. The first-order chi connectivity index (χ1) is 12.3. The van der Waals surface area contributed by atoms with E-state index in [0.29, 0.717) is 5.82 Å². The van der Waals surface area contributed by atoms with Crippen molar-refractivity contribution < 1.29 is 4.74 Å². The van der Waals surface area contributed by atoms with Crippen molar-refractivity contribution in [3.05, 3.63) is 71.5 Å². The number of fused-ring (bicyclic) bond motifs is 1.